The van der Waals surface area contributed by atoms with Crippen LogP contribution in [0.1, 0.15) is 71.1 Å². The van der Waals surface area contributed by atoms with Gasteiger partial charge in [0.1, 0.15) is 0 Å². The molecule has 0 aromatic heterocycles. The average molecular weight is 250 g/mol. The summed E-state index contributed by atoms with van der Waals surface area (Å²) in [4.78, 5) is 2.78. The molecule has 2 nitrogen and oxygen atoms in total. The molecule has 3 aliphatic rings. The van der Waals surface area contributed by atoms with Crippen molar-refractivity contribution in [3.63, 3.8) is 0 Å². The summed E-state index contributed by atoms with van der Waals surface area (Å²) in [7, 11) is 0. The first-order valence-electron chi connectivity index (χ1n) is 8.20. The van der Waals surface area contributed by atoms with Crippen molar-refractivity contribution in [3.8, 4) is 0 Å². The lowest BCUT2D eigenvalue weighted by Crippen LogP contribution is -2.51. The third kappa shape index (κ3) is 2.46. The molecule has 2 heteroatoms. The van der Waals surface area contributed by atoms with Crippen molar-refractivity contribution in [1.82, 2.24) is 4.90 Å². The third-order valence-corrected chi connectivity index (χ3v) is 6.12. The van der Waals surface area contributed by atoms with Crippen LogP contribution in [0.5, 0.6) is 0 Å². The van der Waals surface area contributed by atoms with E-state index in [1.807, 2.05) is 0 Å². The predicted molar refractivity (Wildman–Crippen MR) is 76.5 cm³/mol. The van der Waals surface area contributed by atoms with Gasteiger partial charge in [-0.15, -0.1) is 0 Å². The molecule has 0 aromatic carbocycles. The summed E-state index contributed by atoms with van der Waals surface area (Å²) in [5.41, 5.74) is 6.87. The zero-order valence-electron chi connectivity index (χ0n) is 12.0. The Labute approximate surface area is 112 Å². The van der Waals surface area contributed by atoms with Crippen LogP contribution in [0.4, 0.5) is 0 Å². The average Bonchev–Trinajstić information content (AvgIpc) is 2.80. The SMILES string of the molecule is CC1CC(N)CCN1C1CCC2(CCCC2)CC1. The first-order chi connectivity index (χ1) is 8.69. The molecule has 18 heavy (non-hydrogen) atoms. The second-order valence-electron chi connectivity index (χ2n) is 7.31. The van der Waals surface area contributed by atoms with Crippen LogP contribution in [0.3, 0.4) is 0 Å². The molecule has 1 saturated heterocycles. The number of nitrogens with two attached hydrogens (primary N) is 1. The Bertz CT molecular complexity index is 273. The highest BCUT2D eigenvalue weighted by Gasteiger charge is 2.40. The summed E-state index contributed by atoms with van der Waals surface area (Å²) in [6.07, 6.45) is 14.4. The van der Waals surface area contributed by atoms with Crippen molar-refractivity contribution < 1.29 is 0 Å². The van der Waals surface area contributed by atoms with Gasteiger partial charge < -0.3 is 5.73 Å². The number of rotatable bonds is 1. The molecule has 1 spiro atoms. The van der Waals surface area contributed by atoms with Crippen LogP contribution in [0.25, 0.3) is 0 Å². The highest BCUT2D eigenvalue weighted by Crippen LogP contribution is 2.49. The second-order valence-corrected chi connectivity index (χ2v) is 7.31. The summed E-state index contributed by atoms with van der Waals surface area (Å²) in [5, 5.41) is 0. The standard InChI is InChI=1S/C16H30N2/c1-13-12-14(17)6-11-18(13)15-4-9-16(10-5-15)7-2-3-8-16/h13-15H,2-12,17H2,1H3. The van der Waals surface area contributed by atoms with Crippen LogP contribution in [-0.4, -0.2) is 29.6 Å². The molecule has 1 heterocycles. The van der Waals surface area contributed by atoms with Crippen LogP contribution in [0, 0.1) is 5.41 Å². The summed E-state index contributed by atoms with van der Waals surface area (Å²) >= 11 is 0. The maximum absolute atomic E-state index is 6.08. The van der Waals surface area contributed by atoms with Crippen molar-refractivity contribution in [3.05, 3.63) is 0 Å². The van der Waals surface area contributed by atoms with E-state index in [4.69, 9.17) is 5.73 Å². The van der Waals surface area contributed by atoms with Crippen molar-refractivity contribution in [2.24, 2.45) is 11.1 Å². The molecule has 0 amide bonds. The van der Waals surface area contributed by atoms with E-state index in [9.17, 15) is 0 Å². The maximum Gasteiger partial charge on any atom is 0.00985 e. The molecule has 2 saturated carbocycles. The van der Waals surface area contributed by atoms with Gasteiger partial charge in [-0.1, -0.05) is 12.8 Å². The minimum Gasteiger partial charge on any atom is -0.328 e. The van der Waals surface area contributed by atoms with E-state index in [0.717, 1.165) is 17.5 Å². The highest BCUT2D eigenvalue weighted by atomic mass is 15.2. The summed E-state index contributed by atoms with van der Waals surface area (Å²) in [6.45, 7) is 3.64. The molecular weight excluding hydrogens is 220 g/mol. The molecule has 104 valence electrons. The van der Waals surface area contributed by atoms with Gasteiger partial charge in [0.05, 0.1) is 0 Å². The van der Waals surface area contributed by atoms with Crippen LogP contribution >= 0.6 is 0 Å². The highest BCUT2D eigenvalue weighted by molar-refractivity contribution is 4.94. The van der Waals surface area contributed by atoms with Crippen LogP contribution in [-0.2, 0) is 0 Å². The molecule has 2 unspecified atom stereocenters. The molecule has 0 bridgehead atoms. The zero-order chi connectivity index (χ0) is 12.6. The summed E-state index contributed by atoms with van der Waals surface area (Å²) in [6, 6.07) is 2.05. The number of hydrogen-bond acceptors (Lipinski definition) is 2. The normalized spacial score (nSPS) is 38.3. The van der Waals surface area contributed by atoms with Gasteiger partial charge in [-0.05, 0) is 63.7 Å². The quantitative estimate of drug-likeness (QED) is 0.773. The van der Waals surface area contributed by atoms with E-state index < -0.39 is 0 Å². The Balaban J connectivity index is 1.56. The molecule has 0 radical (unpaired) electrons. The van der Waals surface area contributed by atoms with E-state index in [1.54, 1.807) is 0 Å². The van der Waals surface area contributed by atoms with Gasteiger partial charge >= 0.3 is 0 Å². The van der Waals surface area contributed by atoms with Crippen molar-refractivity contribution in [1.29, 1.82) is 0 Å². The van der Waals surface area contributed by atoms with Gasteiger partial charge in [-0.3, -0.25) is 4.90 Å². The molecule has 0 aromatic rings. The fourth-order valence-electron chi connectivity index (χ4n) is 4.94. The Morgan fingerprint density at radius 3 is 2.28 bits per heavy atom. The molecular formula is C16H30N2. The first-order valence-corrected chi connectivity index (χ1v) is 8.20. The Morgan fingerprint density at radius 2 is 1.67 bits per heavy atom. The van der Waals surface area contributed by atoms with Crippen LogP contribution in [0.2, 0.25) is 0 Å². The summed E-state index contributed by atoms with van der Waals surface area (Å²) < 4.78 is 0. The van der Waals surface area contributed by atoms with E-state index in [-0.39, 0.29) is 0 Å². The van der Waals surface area contributed by atoms with Crippen molar-refractivity contribution in [2.45, 2.75) is 89.3 Å². The van der Waals surface area contributed by atoms with Gasteiger partial charge in [0, 0.05) is 24.7 Å². The topological polar surface area (TPSA) is 29.3 Å². The van der Waals surface area contributed by atoms with Gasteiger partial charge in [0.25, 0.3) is 0 Å². The Hall–Kier alpha value is -0.0800. The number of hydrogen-bond donors (Lipinski definition) is 1. The monoisotopic (exact) mass is 250 g/mol. The Morgan fingerprint density at radius 1 is 1.00 bits per heavy atom. The maximum atomic E-state index is 6.08. The molecule has 2 atom stereocenters. The third-order valence-electron chi connectivity index (χ3n) is 6.12. The molecule has 2 N–H and O–H groups in total. The van der Waals surface area contributed by atoms with Crippen LogP contribution in [0.15, 0.2) is 0 Å². The number of piperidine rings is 1. The van der Waals surface area contributed by atoms with Gasteiger partial charge in [0.15, 0.2) is 0 Å². The minimum absolute atomic E-state index is 0.459. The minimum atomic E-state index is 0.459. The van der Waals surface area contributed by atoms with E-state index >= 15 is 0 Å². The zero-order valence-corrected chi connectivity index (χ0v) is 12.0. The van der Waals surface area contributed by atoms with Crippen molar-refractivity contribution in [2.75, 3.05) is 6.54 Å². The second kappa shape index (κ2) is 5.13. The smallest absolute Gasteiger partial charge is 0.00985 e. The van der Waals surface area contributed by atoms with Gasteiger partial charge in [-0.2, -0.15) is 0 Å². The number of nitrogens with zero attached hydrogens (tertiary/aromatic N) is 1. The van der Waals surface area contributed by atoms with E-state index in [1.165, 1.54) is 70.8 Å². The molecule has 1 aliphatic heterocycles. The van der Waals surface area contributed by atoms with E-state index in [2.05, 4.69) is 11.8 Å². The van der Waals surface area contributed by atoms with Crippen LogP contribution < -0.4 is 5.73 Å². The fourth-order valence-corrected chi connectivity index (χ4v) is 4.94. The molecule has 3 rings (SSSR count). The lowest BCUT2D eigenvalue weighted by Gasteiger charge is -2.46. The fraction of sp³-hybridized carbons (Fsp3) is 1.00. The summed E-state index contributed by atoms with van der Waals surface area (Å²) in [5.74, 6) is 0. The largest absolute Gasteiger partial charge is 0.328 e. The molecule has 2 aliphatic carbocycles. The number of likely N-dealkylation sites (tertiary alicyclic amines) is 1. The Kier molecular flexibility index (Phi) is 3.68. The molecule has 3 fully saturated rings. The van der Waals surface area contributed by atoms with Crippen molar-refractivity contribution >= 4 is 0 Å². The predicted octanol–water partition coefficient (Wildman–Crippen LogP) is 3.30. The van der Waals surface area contributed by atoms with Gasteiger partial charge in [-0.25, -0.2) is 0 Å². The first kappa shape index (κ1) is 12.9. The van der Waals surface area contributed by atoms with Gasteiger partial charge in [0.2, 0.25) is 0 Å². The van der Waals surface area contributed by atoms with E-state index in [0.29, 0.717) is 6.04 Å². The lowest BCUT2D eigenvalue weighted by atomic mass is 9.70. The lowest BCUT2D eigenvalue weighted by molar-refractivity contribution is 0.0419.